The van der Waals surface area contributed by atoms with Gasteiger partial charge in [-0.05, 0) is 30.4 Å². The number of anilines is 2. The highest BCUT2D eigenvalue weighted by Crippen LogP contribution is 2.22. The average Bonchev–Trinajstić information content (AvgIpc) is 2.56. The molecule has 2 aromatic carbocycles. The first-order valence-corrected chi connectivity index (χ1v) is 7.07. The summed E-state index contributed by atoms with van der Waals surface area (Å²) < 4.78 is 4.45. The molecule has 0 atom stereocenters. The quantitative estimate of drug-likeness (QED) is 0.455. The number of carbonyl (C=O) groups excluding carboxylic acids is 2. The highest BCUT2D eigenvalue weighted by atomic mass is 32.1. The van der Waals surface area contributed by atoms with E-state index in [0.29, 0.717) is 22.5 Å². The molecule has 0 saturated carbocycles. The van der Waals surface area contributed by atoms with E-state index < -0.39 is 6.09 Å². The minimum atomic E-state index is -0.697. The Morgan fingerprint density at radius 1 is 1.09 bits per heavy atom. The van der Waals surface area contributed by atoms with Gasteiger partial charge >= 0.3 is 6.09 Å². The van der Waals surface area contributed by atoms with Gasteiger partial charge in [0.2, 0.25) is 0 Å². The Kier molecular flexibility index (Phi) is 5.27. The van der Waals surface area contributed by atoms with E-state index in [1.807, 2.05) is 6.07 Å². The van der Waals surface area contributed by atoms with E-state index in [-0.39, 0.29) is 10.9 Å². The van der Waals surface area contributed by atoms with Crippen LogP contribution in [0.2, 0.25) is 0 Å². The molecule has 0 aliphatic heterocycles. The maximum atomic E-state index is 12.4. The van der Waals surface area contributed by atoms with Gasteiger partial charge in [0.1, 0.15) is 0 Å². The Morgan fingerprint density at radius 3 is 2.43 bits per heavy atom. The van der Waals surface area contributed by atoms with Gasteiger partial charge in [-0.1, -0.05) is 30.3 Å². The largest absolute Gasteiger partial charge is 0.453 e. The first-order chi connectivity index (χ1) is 11.0. The monoisotopic (exact) mass is 329 g/mol. The number of carbonyl (C=O) groups is 2. The Labute approximate surface area is 138 Å². The predicted octanol–water partition coefficient (Wildman–Crippen LogP) is 2.55. The summed E-state index contributed by atoms with van der Waals surface area (Å²) in [4.78, 5) is 23.5. The molecule has 0 unspecified atom stereocenters. The van der Waals surface area contributed by atoms with Gasteiger partial charge in [0, 0.05) is 11.1 Å². The molecule has 2 rings (SSSR count). The van der Waals surface area contributed by atoms with Gasteiger partial charge in [-0.2, -0.15) is 0 Å². The fraction of sp³-hybridized carbons (Fsp3) is 0.0625. The molecule has 118 valence electrons. The van der Waals surface area contributed by atoms with Gasteiger partial charge < -0.3 is 15.8 Å². The zero-order chi connectivity index (χ0) is 16.8. The first-order valence-electron chi connectivity index (χ1n) is 6.66. The number of rotatable bonds is 3. The van der Waals surface area contributed by atoms with Gasteiger partial charge in [0.05, 0.1) is 18.5 Å². The maximum absolute atomic E-state index is 12.4. The van der Waals surface area contributed by atoms with Crippen molar-refractivity contribution in [3.8, 4) is 0 Å². The van der Waals surface area contributed by atoms with Crippen molar-refractivity contribution in [2.24, 2.45) is 0 Å². The second-order valence-corrected chi connectivity index (χ2v) is 4.98. The van der Waals surface area contributed by atoms with Crippen LogP contribution < -0.4 is 16.4 Å². The highest BCUT2D eigenvalue weighted by Gasteiger charge is 2.12. The summed E-state index contributed by atoms with van der Waals surface area (Å²) in [5, 5.41) is 5.09. The fourth-order valence-electron chi connectivity index (χ4n) is 1.86. The van der Waals surface area contributed by atoms with Crippen molar-refractivity contribution in [3.63, 3.8) is 0 Å². The molecule has 0 fully saturated rings. The number of nitrogens with two attached hydrogens (primary N) is 1. The number of hydrogen-bond donors (Lipinski definition) is 3. The van der Waals surface area contributed by atoms with E-state index in [2.05, 4.69) is 15.4 Å². The fourth-order valence-corrected chi connectivity index (χ4v) is 2.05. The third kappa shape index (κ3) is 4.27. The molecule has 0 spiro atoms. The molecule has 0 bridgehead atoms. The number of thiocarbonyl (C=S) groups is 1. The van der Waals surface area contributed by atoms with E-state index in [1.165, 1.54) is 7.11 Å². The zero-order valence-corrected chi connectivity index (χ0v) is 13.1. The number of benzene rings is 2. The summed E-state index contributed by atoms with van der Waals surface area (Å²) in [5.41, 5.74) is 7.70. The molecule has 0 aliphatic rings. The first kappa shape index (κ1) is 16.4. The number of ketones is 1. The molecule has 23 heavy (non-hydrogen) atoms. The number of hydrogen-bond acceptors (Lipinski definition) is 5. The van der Waals surface area contributed by atoms with Crippen molar-refractivity contribution < 1.29 is 14.3 Å². The van der Waals surface area contributed by atoms with Crippen LogP contribution in [0.5, 0.6) is 0 Å². The van der Waals surface area contributed by atoms with Crippen LogP contribution in [-0.2, 0) is 4.74 Å². The Hall–Kier alpha value is -2.93. The van der Waals surface area contributed by atoms with E-state index in [1.54, 1.807) is 42.5 Å². The molecule has 1 amide bonds. The summed E-state index contributed by atoms with van der Waals surface area (Å²) in [7, 11) is 1.23. The summed E-state index contributed by atoms with van der Waals surface area (Å²) in [6.45, 7) is 0. The maximum Gasteiger partial charge on any atom is 0.413 e. The molecule has 0 saturated heterocycles. The topological polar surface area (TPSA) is 93.5 Å². The number of ether oxygens (including phenoxy) is 1. The molecule has 7 heteroatoms. The summed E-state index contributed by atoms with van der Waals surface area (Å²) in [6.07, 6.45) is -0.697. The molecule has 0 aliphatic carbocycles. The van der Waals surface area contributed by atoms with Crippen molar-refractivity contribution in [3.05, 3.63) is 59.7 Å². The molecular weight excluding hydrogens is 314 g/mol. The Balaban J connectivity index is 2.21. The van der Waals surface area contributed by atoms with Crippen molar-refractivity contribution in [1.82, 2.24) is 5.32 Å². The summed E-state index contributed by atoms with van der Waals surface area (Å²) >= 11 is 4.98. The smallest absolute Gasteiger partial charge is 0.413 e. The Morgan fingerprint density at radius 2 is 1.78 bits per heavy atom. The van der Waals surface area contributed by atoms with Gasteiger partial charge in [-0.3, -0.25) is 10.1 Å². The van der Waals surface area contributed by atoms with Gasteiger partial charge in [0.25, 0.3) is 0 Å². The van der Waals surface area contributed by atoms with Crippen LogP contribution in [0.1, 0.15) is 15.9 Å². The lowest BCUT2D eigenvalue weighted by molar-refractivity contribution is 0.103. The summed E-state index contributed by atoms with van der Waals surface area (Å²) in [6, 6.07) is 13.7. The van der Waals surface area contributed by atoms with Crippen LogP contribution >= 0.6 is 12.2 Å². The second kappa shape index (κ2) is 7.37. The molecule has 0 radical (unpaired) electrons. The zero-order valence-electron chi connectivity index (χ0n) is 12.3. The van der Waals surface area contributed by atoms with Gasteiger partial charge in [-0.15, -0.1) is 0 Å². The number of nitrogen functional groups attached to an aromatic ring is 1. The minimum absolute atomic E-state index is 0.0212. The number of methoxy groups -OCH3 is 1. The standard InChI is InChI=1S/C16H15N3O3S/c1-22-16(21)19-15(23)18-13-9-11(7-8-12(13)17)14(20)10-5-3-2-4-6-10/h2-9H,17H2,1H3,(H2,18,19,21,23). The van der Waals surface area contributed by atoms with E-state index in [0.717, 1.165) is 0 Å². The third-order valence-corrected chi connectivity index (χ3v) is 3.20. The minimum Gasteiger partial charge on any atom is -0.453 e. The molecular formula is C16H15N3O3S. The van der Waals surface area contributed by atoms with Gasteiger partial charge in [0.15, 0.2) is 10.9 Å². The average molecular weight is 329 g/mol. The second-order valence-electron chi connectivity index (χ2n) is 4.57. The lowest BCUT2D eigenvalue weighted by Gasteiger charge is -2.12. The van der Waals surface area contributed by atoms with Crippen LogP contribution in [0.25, 0.3) is 0 Å². The molecule has 6 nitrogen and oxygen atoms in total. The van der Waals surface area contributed by atoms with Crippen molar-refractivity contribution in [2.75, 3.05) is 18.2 Å². The van der Waals surface area contributed by atoms with Crippen molar-refractivity contribution >= 4 is 40.6 Å². The van der Waals surface area contributed by atoms with Crippen LogP contribution in [0.4, 0.5) is 16.2 Å². The van der Waals surface area contributed by atoms with E-state index in [4.69, 9.17) is 18.0 Å². The van der Waals surface area contributed by atoms with Crippen LogP contribution in [0.3, 0.4) is 0 Å². The van der Waals surface area contributed by atoms with Crippen LogP contribution in [0, 0.1) is 0 Å². The third-order valence-electron chi connectivity index (χ3n) is 3.00. The lowest BCUT2D eigenvalue weighted by atomic mass is 10.0. The highest BCUT2D eigenvalue weighted by molar-refractivity contribution is 7.80. The SMILES string of the molecule is COC(=O)NC(=S)Nc1cc(C(=O)c2ccccc2)ccc1N. The van der Waals surface area contributed by atoms with E-state index >= 15 is 0 Å². The molecule has 4 N–H and O–H groups in total. The van der Waals surface area contributed by atoms with Crippen LogP contribution in [0.15, 0.2) is 48.5 Å². The molecule has 2 aromatic rings. The normalized spacial score (nSPS) is 9.78. The molecule has 0 aromatic heterocycles. The summed E-state index contributed by atoms with van der Waals surface area (Å²) in [5.74, 6) is -0.138. The van der Waals surface area contributed by atoms with Crippen molar-refractivity contribution in [2.45, 2.75) is 0 Å². The predicted molar refractivity (Wildman–Crippen MR) is 92.5 cm³/mol. The number of amides is 1. The van der Waals surface area contributed by atoms with Crippen LogP contribution in [-0.4, -0.2) is 24.1 Å². The van der Waals surface area contributed by atoms with E-state index in [9.17, 15) is 9.59 Å². The number of nitrogens with one attached hydrogen (secondary N) is 2. The van der Waals surface area contributed by atoms with Crippen molar-refractivity contribution in [1.29, 1.82) is 0 Å². The van der Waals surface area contributed by atoms with Gasteiger partial charge in [-0.25, -0.2) is 4.79 Å². The lowest BCUT2D eigenvalue weighted by Crippen LogP contribution is -2.34. The molecule has 0 heterocycles. The number of alkyl carbamates (subject to hydrolysis) is 1. The Bertz CT molecular complexity index is 747.